The minimum Gasteiger partial charge on any atom is -0.452 e. The van der Waals surface area contributed by atoms with Crippen LogP contribution in [0.2, 0.25) is 0 Å². The summed E-state index contributed by atoms with van der Waals surface area (Å²) in [5.74, 6) is -0.735. The van der Waals surface area contributed by atoms with E-state index in [0.717, 1.165) is 6.42 Å². The minimum absolute atomic E-state index is 0.125. The lowest BCUT2D eigenvalue weighted by Crippen LogP contribution is -2.20. The Labute approximate surface area is 151 Å². The maximum absolute atomic E-state index is 11.9. The molecule has 0 unspecified atom stereocenters. The molecule has 0 bridgehead atoms. The van der Waals surface area contributed by atoms with Gasteiger partial charge in [0.1, 0.15) is 0 Å². The average molecular weight is 356 g/mol. The molecule has 2 aromatic carbocycles. The van der Waals surface area contributed by atoms with Crippen molar-refractivity contribution in [2.75, 3.05) is 11.9 Å². The van der Waals surface area contributed by atoms with Crippen LogP contribution in [0.25, 0.3) is 0 Å². The van der Waals surface area contributed by atoms with E-state index >= 15 is 0 Å². The third-order valence-electron chi connectivity index (χ3n) is 4.02. The molecule has 0 spiro atoms. The van der Waals surface area contributed by atoms with Gasteiger partial charge in [0.25, 0.3) is 11.6 Å². The van der Waals surface area contributed by atoms with E-state index in [1.807, 2.05) is 12.1 Å². The number of carbonyl (C=O) groups excluding carboxylic acids is 2. The molecule has 0 heterocycles. The van der Waals surface area contributed by atoms with E-state index < -0.39 is 23.4 Å². The van der Waals surface area contributed by atoms with Gasteiger partial charge in [-0.1, -0.05) is 26.0 Å². The number of hydrogen-bond donors (Lipinski definition) is 1. The zero-order valence-corrected chi connectivity index (χ0v) is 14.6. The second-order valence-electron chi connectivity index (χ2n) is 5.86. The number of amides is 1. The van der Waals surface area contributed by atoms with Gasteiger partial charge in [-0.25, -0.2) is 4.79 Å². The zero-order chi connectivity index (χ0) is 19.1. The molecular formula is C19H20N2O5. The Hall–Kier alpha value is -3.22. The highest BCUT2D eigenvalue weighted by molar-refractivity contribution is 5.95. The van der Waals surface area contributed by atoms with E-state index in [1.54, 1.807) is 12.1 Å². The molecule has 7 nitrogen and oxygen atoms in total. The van der Waals surface area contributed by atoms with Crippen LogP contribution in [-0.2, 0) is 9.53 Å². The molecule has 0 radical (unpaired) electrons. The van der Waals surface area contributed by atoms with Crippen molar-refractivity contribution in [1.82, 2.24) is 0 Å². The van der Waals surface area contributed by atoms with E-state index in [-0.39, 0.29) is 11.3 Å². The number of esters is 1. The van der Waals surface area contributed by atoms with Gasteiger partial charge in [-0.2, -0.15) is 0 Å². The van der Waals surface area contributed by atoms with E-state index in [1.165, 1.54) is 29.8 Å². The molecule has 1 atom stereocenters. The smallest absolute Gasteiger partial charge is 0.338 e. The molecule has 2 rings (SSSR count). The standard InChI is InChI=1S/C19H20N2O5/c1-3-13(2)14-4-8-16(9-5-14)20-18(22)12-26-19(23)15-6-10-17(11-7-15)21(24)25/h4-11,13H,3,12H2,1-2H3,(H,20,22)/t13-/m1/s1. The molecule has 0 saturated carbocycles. The first-order chi connectivity index (χ1) is 12.4. The van der Waals surface area contributed by atoms with Gasteiger partial charge in [0, 0.05) is 17.8 Å². The Morgan fingerprint density at radius 2 is 1.73 bits per heavy atom. The van der Waals surface area contributed by atoms with E-state index in [0.29, 0.717) is 11.6 Å². The number of nitrogens with zero attached hydrogens (tertiary/aromatic N) is 1. The molecule has 1 amide bonds. The van der Waals surface area contributed by atoms with Crippen LogP contribution in [0, 0.1) is 10.1 Å². The van der Waals surface area contributed by atoms with E-state index in [9.17, 15) is 19.7 Å². The maximum Gasteiger partial charge on any atom is 0.338 e. The fourth-order valence-electron chi connectivity index (χ4n) is 2.26. The Balaban J connectivity index is 1.86. The number of anilines is 1. The summed E-state index contributed by atoms with van der Waals surface area (Å²) in [7, 11) is 0. The lowest BCUT2D eigenvalue weighted by molar-refractivity contribution is -0.384. The van der Waals surface area contributed by atoms with Gasteiger partial charge >= 0.3 is 5.97 Å². The third-order valence-corrected chi connectivity index (χ3v) is 4.02. The summed E-state index contributed by atoms with van der Waals surface area (Å²) in [4.78, 5) is 33.8. The molecule has 1 N–H and O–H groups in total. The largest absolute Gasteiger partial charge is 0.452 e. The molecule has 0 aliphatic heterocycles. The van der Waals surface area contributed by atoms with Crippen molar-refractivity contribution in [1.29, 1.82) is 0 Å². The molecule has 0 aromatic heterocycles. The van der Waals surface area contributed by atoms with Gasteiger partial charge in [0.05, 0.1) is 10.5 Å². The Kier molecular flexibility index (Phi) is 6.43. The topological polar surface area (TPSA) is 98.5 Å². The summed E-state index contributed by atoms with van der Waals surface area (Å²) in [6.45, 7) is 3.80. The summed E-state index contributed by atoms with van der Waals surface area (Å²) in [5.41, 5.74) is 1.82. The van der Waals surface area contributed by atoms with Gasteiger partial charge in [0.2, 0.25) is 0 Å². The van der Waals surface area contributed by atoms with E-state index in [2.05, 4.69) is 19.2 Å². The highest BCUT2D eigenvalue weighted by atomic mass is 16.6. The van der Waals surface area contributed by atoms with Crippen molar-refractivity contribution in [3.63, 3.8) is 0 Å². The zero-order valence-electron chi connectivity index (χ0n) is 14.6. The Bertz CT molecular complexity index is 785. The van der Waals surface area contributed by atoms with Gasteiger partial charge < -0.3 is 10.1 Å². The minimum atomic E-state index is -0.720. The SMILES string of the molecule is CC[C@@H](C)c1ccc(NC(=O)COC(=O)c2ccc([N+](=O)[O-])cc2)cc1. The van der Waals surface area contributed by atoms with E-state index in [4.69, 9.17) is 4.74 Å². The summed E-state index contributed by atoms with van der Waals surface area (Å²) in [6, 6.07) is 12.5. The van der Waals surface area contributed by atoms with Crippen LogP contribution in [-0.4, -0.2) is 23.4 Å². The van der Waals surface area contributed by atoms with Crippen LogP contribution in [0.15, 0.2) is 48.5 Å². The molecule has 136 valence electrons. The van der Waals surface area contributed by atoms with Crippen LogP contribution in [0.5, 0.6) is 0 Å². The summed E-state index contributed by atoms with van der Waals surface area (Å²) < 4.78 is 4.92. The molecular weight excluding hydrogens is 336 g/mol. The van der Waals surface area contributed by atoms with Crippen molar-refractivity contribution in [2.45, 2.75) is 26.2 Å². The molecule has 0 aliphatic rings. The predicted octanol–water partition coefficient (Wildman–Crippen LogP) is 3.90. The number of ether oxygens (including phenoxy) is 1. The average Bonchev–Trinajstić information content (AvgIpc) is 2.66. The van der Waals surface area contributed by atoms with Gasteiger partial charge in [-0.3, -0.25) is 14.9 Å². The predicted molar refractivity (Wildman–Crippen MR) is 97.2 cm³/mol. The van der Waals surface area contributed by atoms with Crippen molar-refractivity contribution < 1.29 is 19.2 Å². The van der Waals surface area contributed by atoms with Crippen molar-refractivity contribution in [2.24, 2.45) is 0 Å². The van der Waals surface area contributed by atoms with Gasteiger partial charge in [-0.15, -0.1) is 0 Å². The first-order valence-corrected chi connectivity index (χ1v) is 8.22. The number of nitro groups is 1. The quantitative estimate of drug-likeness (QED) is 0.461. The van der Waals surface area contributed by atoms with Crippen molar-refractivity contribution >= 4 is 23.3 Å². The van der Waals surface area contributed by atoms with Crippen LogP contribution >= 0.6 is 0 Å². The van der Waals surface area contributed by atoms with Crippen LogP contribution < -0.4 is 5.32 Å². The molecule has 0 fully saturated rings. The third kappa shape index (κ3) is 5.14. The second-order valence-corrected chi connectivity index (χ2v) is 5.86. The molecule has 2 aromatic rings. The molecule has 26 heavy (non-hydrogen) atoms. The lowest BCUT2D eigenvalue weighted by atomic mass is 9.99. The highest BCUT2D eigenvalue weighted by Crippen LogP contribution is 2.20. The van der Waals surface area contributed by atoms with Crippen LogP contribution in [0.1, 0.15) is 42.1 Å². The fraction of sp³-hybridized carbons (Fsp3) is 0.263. The number of non-ortho nitro benzene ring substituents is 1. The number of rotatable bonds is 7. The maximum atomic E-state index is 11.9. The molecule has 0 saturated heterocycles. The highest BCUT2D eigenvalue weighted by Gasteiger charge is 2.13. The monoisotopic (exact) mass is 356 g/mol. The van der Waals surface area contributed by atoms with Gasteiger partial charge in [-0.05, 0) is 42.2 Å². The number of hydrogen-bond acceptors (Lipinski definition) is 5. The van der Waals surface area contributed by atoms with Crippen molar-refractivity contribution in [3.05, 3.63) is 69.8 Å². The first-order valence-electron chi connectivity index (χ1n) is 8.22. The lowest BCUT2D eigenvalue weighted by Gasteiger charge is -2.10. The van der Waals surface area contributed by atoms with Crippen LogP contribution in [0.3, 0.4) is 0 Å². The molecule has 0 aliphatic carbocycles. The number of benzene rings is 2. The van der Waals surface area contributed by atoms with Crippen molar-refractivity contribution in [3.8, 4) is 0 Å². The Morgan fingerprint density at radius 3 is 2.27 bits per heavy atom. The summed E-state index contributed by atoms with van der Waals surface area (Å²) >= 11 is 0. The number of nitrogens with one attached hydrogen (secondary N) is 1. The number of carbonyl (C=O) groups is 2. The summed E-state index contributed by atoms with van der Waals surface area (Å²) in [5, 5.41) is 13.2. The Morgan fingerprint density at radius 1 is 1.12 bits per heavy atom. The number of nitro benzene ring substituents is 1. The fourth-order valence-corrected chi connectivity index (χ4v) is 2.26. The second kappa shape index (κ2) is 8.75. The summed E-state index contributed by atoms with van der Waals surface area (Å²) in [6.07, 6.45) is 1.03. The normalized spacial score (nSPS) is 11.5. The van der Waals surface area contributed by atoms with Crippen LogP contribution in [0.4, 0.5) is 11.4 Å². The van der Waals surface area contributed by atoms with Gasteiger partial charge in [0.15, 0.2) is 6.61 Å². The molecule has 7 heteroatoms. The first kappa shape index (κ1) is 19.1.